The molecule has 0 aliphatic rings. The maximum atomic E-state index is 12.7. The average Bonchev–Trinajstić information content (AvgIpc) is 3.24. The van der Waals surface area contributed by atoms with Gasteiger partial charge in [-0.3, -0.25) is 4.79 Å². The lowest BCUT2D eigenvalue weighted by Gasteiger charge is -2.05. The van der Waals surface area contributed by atoms with Crippen molar-refractivity contribution in [3.63, 3.8) is 0 Å². The van der Waals surface area contributed by atoms with Gasteiger partial charge in [-0.1, -0.05) is 13.2 Å². The van der Waals surface area contributed by atoms with Gasteiger partial charge in [0.15, 0.2) is 5.76 Å². The maximum Gasteiger partial charge on any atom is 0.338 e. The van der Waals surface area contributed by atoms with Crippen molar-refractivity contribution in [1.82, 2.24) is 0 Å². The molecule has 3 aromatic rings. The van der Waals surface area contributed by atoms with Crippen molar-refractivity contribution in [3.8, 4) is 22.8 Å². The number of benzene rings is 2. The van der Waals surface area contributed by atoms with Crippen LogP contribution in [0.3, 0.4) is 0 Å². The highest BCUT2D eigenvalue weighted by Crippen LogP contribution is 2.26. The van der Waals surface area contributed by atoms with E-state index in [2.05, 4.69) is 13.2 Å². The molecule has 0 saturated carbocycles. The fourth-order valence-electron chi connectivity index (χ4n) is 2.51. The zero-order valence-electron chi connectivity index (χ0n) is 17.1. The summed E-state index contributed by atoms with van der Waals surface area (Å²) in [4.78, 5) is 35.8. The lowest BCUT2D eigenvalue weighted by atomic mass is 10.1. The van der Waals surface area contributed by atoms with Crippen LogP contribution in [0.5, 0.6) is 11.5 Å². The van der Waals surface area contributed by atoms with E-state index in [1.54, 1.807) is 62.4 Å². The minimum absolute atomic E-state index is 0.166. The second-order valence-electron chi connectivity index (χ2n) is 6.88. The zero-order chi connectivity index (χ0) is 22.5. The van der Waals surface area contributed by atoms with Gasteiger partial charge in [-0.05, 0) is 74.5 Å². The first-order valence-corrected chi connectivity index (χ1v) is 9.35. The van der Waals surface area contributed by atoms with E-state index in [0.29, 0.717) is 28.4 Å². The maximum absolute atomic E-state index is 12.7. The van der Waals surface area contributed by atoms with Gasteiger partial charge in [-0.15, -0.1) is 0 Å². The Balaban J connectivity index is 1.71. The first-order chi connectivity index (χ1) is 14.7. The molecule has 2 aromatic carbocycles. The average molecular weight is 416 g/mol. The molecule has 0 spiro atoms. The van der Waals surface area contributed by atoms with Crippen LogP contribution in [0, 0.1) is 0 Å². The molecule has 6 heteroatoms. The van der Waals surface area contributed by atoms with Gasteiger partial charge in [0.2, 0.25) is 5.78 Å². The fourth-order valence-corrected chi connectivity index (χ4v) is 2.51. The van der Waals surface area contributed by atoms with E-state index in [9.17, 15) is 14.4 Å². The van der Waals surface area contributed by atoms with Crippen LogP contribution in [0.15, 0.2) is 89.4 Å². The summed E-state index contributed by atoms with van der Waals surface area (Å²) >= 11 is 0. The Bertz CT molecular complexity index is 1160. The van der Waals surface area contributed by atoms with Gasteiger partial charge >= 0.3 is 11.9 Å². The minimum Gasteiger partial charge on any atom is -0.453 e. The molecular formula is C25H20O6. The third-order valence-electron chi connectivity index (χ3n) is 4.20. The predicted molar refractivity (Wildman–Crippen MR) is 115 cm³/mol. The Morgan fingerprint density at radius 3 is 1.68 bits per heavy atom. The molecule has 0 saturated heterocycles. The number of carbonyl (C=O) groups excluding carboxylic acids is 3. The number of furan rings is 1. The minimum atomic E-state index is -0.532. The van der Waals surface area contributed by atoms with Crippen LogP contribution in [0.25, 0.3) is 11.3 Å². The Hall–Kier alpha value is -4.19. The van der Waals surface area contributed by atoms with E-state index in [-0.39, 0.29) is 17.1 Å². The molecule has 0 amide bonds. The van der Waals surface area contributed by atoms with Gasteiger partial charge in [-0.2, -0.15) is 0 Å². The molecular weight excluding hydrogens is 396 g/mol. The summed E-state index contributed by atoms with van der Waals surface area (Å²) in [6, 6.07) is 16.1. The molecule has 3 rings (SSSR count). The molecule has 31 heavy (non-hydrogen) atoms. The summed E-state index contributed by atoms with van der Waals surface area (Å²) in [6.45, 7) is 10.2. The van der Waals surface area contributed by atoms with Crippen molar-refractivity contribution in [2.45, 2.75) is 13.8 Å². The second kappa shape index (κ2) is 9.09. The molecule has 0 aliphatic heterocycles. The SMILES string of the molecule is C=C(C)C(=O)Oc1ccc(C(=O)c2ccc(-c3ccc(OC(=O)C(=C)C)cc3)o2)cc1. The van der Waals surface area contributed by atoms with Crippen molar-refractivity contribution in [2.24, 2.45) is 0 Å². The molecule has 1 heterocycles. The smallest absolute Gasteiger partial charge is 0.338 e. The normalized spacial score (nSPS) is 10.3. The molecule has 0 bridgehead atoms. The number of ether oxygens (including phenoxy) is 2. The summed E-state index contributed by atoms with van der Waals surface area (Å²) in [6.07, 6.45) is 0. The van der Waals surface area contributed by atoms with Crippen molar-refractivity contribution in [3.05, 3.63) is 96.3 Å². The molecule has 0 aliphatic carbocycles. The summed E-state index contributed by atoms with van der Waals surface area (Å²) < 4.78 is 16.0. The van der Waals surface area contributed by atoms with Crippen molar-refractivity contribution < 1.29 is 28.3 Å². The first kappa shape index (κ1) is 21.5. The van der Waals surface area contributed by atoms with Gasteiger partial charge in [0, 0.05) is 22.3 Å². The highest BCUT2D eigenvalue weighted by molar-refractivity contribution is 6.07. The predicted octanol–water partition coefficient (Wildman–Crippen LogP) is 5.14. The van der Waals surface area contributed by atoms with Crippen molar-refractivity contribution in [2.75, 3.05) is 0 Å². The molecule has 0 atom stereocenters. The summed E-state index contributed by atoms with van der Waals surface area (Å²) in [5.41, 5.74) is 1.69. The highest BCUT2D eigenvalue weighted by atomic mass is 16.5. The summed E-state index contributed by atoms with van der Waals surface area (Å²) in [7, 11) is 0. The zero-order valence-corrected chi connectivity index (χ0v) is 17.1. The molecule has 0 unspecified atom stereocenters. The summed E-state index contributed by atoms with van der Waals surface area (Å²) in [5, 5.41) is 0. The summed E-state index contributed by atoms with van der Waals surface area (Å²) in [5.74, 6) is 0.0158. The molecule has 0 radical (unpaired) electrons. The monoisotopic (exact) mass is 416 g/mol. The molecule has 1 aromatic heterocycles. The van der Waals surface area contributed by atoms with Gasteiger partial charge in [0.1, 0.15) is 17.3 Å². The number of rotatable bonds is 7. The van der Waals surface area contributed by atoms with E-state index >= 15 is 0 Å². The first-order valence-electron chi connectivity index (χ1n) is 9.35. The number of esters is 2. The largest absolute Gasteiger partial charge is 0.453 e. The van der Waals surface area contributed by atoms with Gasteiger partial charge in [0.25, 0.3) is 0 Å². The molecule has 6 nitrogen and oxygen atoms in total. The third-order valence-corrected chi connectivity index (χ3v) is 4.20. The van der Waals surface area contributed by atoms with Crippen LogP contribution < -0.4 is 9.47 Å². The molecule has 0 N–H and O–H groups in total. The second-order valence-corrected chi connectivity index (χ2v) is 6.88. The lowest BCUT2D eigenvalue weighted by Crippen LogP contribution is -2.08. The topological polar surface area (TPSA) is 82.8 Å². The van der Waals surface area contributed by atoms with E-state index in [1.165, 1.54) is 12.1 Å². The van der Waals surface area contributed by atoms with Crippen LogP contribution in [0.2, 0.25) is 0 Å². The van der Waals surface area contributed by atoms with Gasteiger partial charge in [-0.25, -0.2) is 9.59 Å². The van der Waals surface area contributed by atoms with Gasteiger partial charge in [0.05, 0.1) is 0 Å². The number of hydrogen-bond donors (Lipinski definition) is 0. The lowest BCUT2D eigenvalue weighted by molar-refractivity contribution is -0.130. The molecule has 156 valence electrons. The molecule has 0 fully saturated rings. The van der Waals surface area contributed by atoms with E-state index < -0.39 is 11.9 Å². The Labute approximate surface area is 179 Å². The van der Waals surface area contributed by atoms with E-state index in [1.807, 2.05) is 0 Å². The van der Waals surface area contributed by atoms with E-state index in [0.717, 1.165) is 5.56 Å². The Morgan fingerprint density at radius 2 is 1.19 bits per heavy atom. The number of carbonyl (C=O) groups is 3. The van der Waals surface area contributed by atoms with Crippen LogP contribution in [-0.2, 0) is 9.59 Å². The van der Waals surface area contributed by atoms with Crippen LogP contribution >= 0.6 is 0 Å². The fraction of sp³-hybridized carbons (Fsp3) is 0.0800. The van der Waals surface area contributed by atoms with E-state index in [4.69, 9.17) is 13.9 Å². The standard InChI is InChI=1S/C25H20O6/c1-15(2)24(27)29-19-9-5-17(6-10-19)21-13-14-22(31-21)23(26)18-7-11-20(12-8-18)30-25(28)16(3)4/h5-14H,1,3H2,2,4H3. The van der Waals surface area contributed by atoms with Crippen molar-refractivity contribution >= 4 is 17.7 Å². The Morgan fingerprint density at radius 1 is 0.710 bits per heavy atom. The van der Waals surface area contributed by atoms with Gasteiger partial charge < -0.3 is 13.9 Å². The number of hydrogen-bond acceptors (Lipinski definition) is 6. The van der Waals surface area contributed by atoms with Crippen LogP contribution in [-0.4, -0.2) is 17.7 Å². The van der Waals surface area contributed by atoms with Crippen LogP contribution in [0.4, 0.5) is 0 Å². The quantitative estimate of drug-likeness (QED) is 0.230. The Kier molecular flexibility index (Phi) is 6.31. The van der Waals surface area contributed by atoms with Crippen molar-refractivity contribution in [1.29, 1.82) is 0 Å². The number of ketones is 1. The highest BCUT2D eigenvalue weighted by Gasteiger charge is 2.15. The third kappa shape index (κ3) is 5.25. The van der Waals surface area contributed by atoms with Crippen LogP contribution in [0.1, 0.15) is 30.0 Å².